The van der Waals surface area contributed by atoms with Gasteiger partial charge in [-0.25, -0.2) is 0 Å². The van der Waals surface area contributed by atoms with Gasteiger partial charge in [-0.05, 0) is 72.7 Å². The first-order valence-electron chi connectivity index (χ1n) is 10.2. The van der Waals surface area contributed by atoms with Crippen molar-refractivity contribution >= 4 is 17.6 Å². The van der Waals surface area contributed by atoms with E-state index in [1.54, 1.807) is 4.90 Å². The highest BCUT2D eigenvalue weighted by Gasteiger charge is 2.37. The molecule has 3 atom stereocenters. The van der Waals surface area contributed by atoms with Crippen LogP contribution in [0.2, 0.25) is 5.02 Å². The van der Waals surface area contributed by atoms with E-state index in [1.807, 2.05) is 0 Å². The van der Waals surface area contributed by atoms with E-state index in [-0.39, 0.29) is 36.0 Å². The minimum Gasteiger partial charge on any atom is -0.550 e. The fraction of sp³-hybridized carbons (Fsp3) is 0.435. The second-order valence-corrected chi connectivity index (χ2v) is 8.73. The van der Waals surface area contributed by atoms with Crippen molar-refractivity contribution in [3.63, 3.8) is 0 Å². The van der Waals surface area contributed by atoms with Gasteiger partial charge in [-0.15, -0.1) is 0 Å². The maximum Gasteiger partial charge on any atom is 0.416 e. The molecule has 33 heavy (non-hydrogen) atoms. The lowest BCUT2D eigenvalue weighted by Gasteiger charge is -2.42. The Morgan fingerprint density at radius 3 is 2.27 bits per heavy atom. The normalized spacial score (nSPS) is 21.1. The molecule has 0 spiro atoms. The van der Waals surface area contributed by atoms with Crippen molar-refractivity contribution in [2.24, 2.45) is 11.8 Å². The summed E-state index contributed by atoms with van der Waals surface area (Å²) in [5.41, 5.74) is -1.28. The molecule has 1 aliphatic heterocycles. The molecule has 3 nitrogen and oxygen atoms in total. The number of carboxylic acid groups (broad SMARTS) is 1. The monoisotopic (exact) mass is 492 g/mol. The average Bonchev–Trinajstić information content (AvgIpc) is 2.72. The average molecular weight is 493 g/mol. The van der Waals surface area contributed by atoms with E-state index < -0.39 is 41.4 Å². The highest BCUT2D eigenvalue weighted by atomic mass is 35.5. The lowest BCUT2D eigenvalue weighted by Crippen LogP contribution is -2.42. The van der Waals surface area contributed by atoms with Crippen LogP contribution in [0.1, 0.15) is 48.1 Å². The van der Waals surface area contributed by atoms with E-state index in [1.165, 1.54) is 25.1 Å². The van der Waals surface area contributed by atoms with Crippen molar-refractivity contribution in [3.8, 4) is 0 Å². The quantitative estimate of drug-likeness (QED) is 0.502. The molecule has 1 unspecified atom stereocenters. The third-order valence-electron chi connectivity index (χ3n) is 6.20. The summed E-state index contributed by atoms with van der Waals surface area (Å²) in [6, 6.07) is 7.10. The summed E-state index contributed by atoms with van der Waals surface area (Å²) in [5, 5.41) is 11.5. The number of aliphatic carboxylic acids is 1. The van der Waals surface area contributed by atoms with Crippen molar-refractivity contribution in [3.05, 3.63) is 69.7 Å². The molecule has 0 radical (unpaired) electrons. The van der Waals surface area contributed by atoms with Crippen LogP contribution < -0.4 is 5.11 Å². The van der Waals surface area contributed by atoms with Crippen molar-refractivity contribution in [2.45, 2.75) is 44.7 Å². The van der Waals surface area contributed by atoms with Gasteiger partial charge < -0.3 is 9.90 Å². The molecule has 0 aromatic heterocycles. The molecule has 1 fully saturated rings. The maximum atomic E-state index is 13.5. The van der Waals surface area contributed by atoms with Crippen molar-refractivity contribution in [2.75, 3.05) is 6.54 Å². The lowest BCUT2D eigenvalue weighted by atomic mass is 9.79. The summed E-state index contributed by atoms with van der Waals surface area (Å²) in [6.07, 6.45) is -8.48. The van der Waals surface area contributed by atoms with Crippen molar-refractivity contribution < 1.29 is 36.2 Å². The Bertz CT molecular complexity index is 990. The molecule has 2 aromatic rings. The van der Waals surface area contributed by atoms with Gasteiger partial charge in [0.1, 0.15) is 0 Å². The molecule has 1 aliphatic rings. The van der Waals surface area contributed by atoms with E-state index in [2.05, 4.69) is 0 Å². The molecule has 10 heteroatoms. The molecule has 0 aliphatic carbocycles. The minimum atomic E-state index is -4.61. The molecule has 0 bridgehead atoms. The second-order valence-electron chi connectivity index (χ2n) is 8.30. The SMILES string of the molecule is CC(C(=O)[O-])[C@H]1CCN(Cc2cc(Cl)ccc2C(F)(F)F)[C@@H](c2ccc(C(F)(F)F)cc2)C1. The molecule has 1 heterocycles. The second kappa shape index (κ2) is 9.54. The van der Waals surface area contributed by atoms with E-state index in [4.69, 9.17) is 11.6 Å². The Morgan fingerprint density at radius 1 is 1.09 bits per heavy atom. The number of carbonyl (C=O) groups is 1. The minimum absolute atomic E-state index is 0.0571. The molecular formula is C23H21ClF6NO2-. The number of halogens is 7. The highest BCUT2D eigenvalue weighted by Crippen LogP contribution is 2.41. The van der Waals surface area contributed by atoms with Crippen LogP contribution in [0.15, 0.2) is 42.5 Å². The molecule has 0 N–H and O–H groups in total. The zero-order chi connectivity index (χ0) is 24.6. The van der Waals surface area contributed by atoms with E-state index in [0.29, 0.717) is 12.0 Å². The zero-order valence-corrected chi connectivity index (χ0v) is 18.3. The Kier molecular flexibility index (Phi) is 7.33. The van der Waals surface area contributed by atoms with Gasteiger partial charge in [0.05, 0.1) is 11.1 Å². The summed E-state index contributed by atoms with van der Waals surface area (Å²) in [6.45, 7) is 1.61. The fourth-order valence-electron chi connectivity index (χ4n) is 4.31. The van der Waals surface area contributed by atoms with Gasteiger partial charge in [-0.2, -0.15) is 26.3 Å². The predicted octanol–water partition coefficient (Wildman–Crippen LogP) is 5.72. The van der Waals surface area contributed by atoms with Crippen LogP contribution in [0.4, 0.5) is 26.3 Å². The Morgan fingerprint density at radius 2 is 1.73 bits per heavy atom. The molecule has 0 amide bonds. The molecule has 0 saturated carbocycles. The van der Waals surface area contributed by atoms with Gasteiger partial charge in [0.2, 0.25) is 0 Å². The standard InChI is InChI=1S/C23H22ClF6NO2/c1-13(21(32)33)15-8-9-31(12-16-10-18(24)6-7-19(16)23(28,29)30)20(11-15)14-2-4-17(5-3-14)22(25,26)27/h2-7,10,13,15,20H,8-9,11-12H2,1H3,(H,32,33)/p-1/t13?,15-,20+/m0/s1. The van der Waals surface area contributed by atoms with Crippen LogP contribution in [0.3, 0.4) is 0 Å². The number of benzene rings is 2. The third-order valence-corrected chi connectivity index (χ3v) is 6.44. The Hall–Kier alpha value is -2.26. The molecule has 2 aromatic carbocycles. The number of nitrogens with zero attached hydrogens (tertiary/aromatic N) is 1. The number of alkyl halides is 6. The fourth-order valence-corrected chi connectivity index (χ4v) is 4.50. The van der Waals surface area contributed by atoms with Crippen LogP contribution in [0, 0.1) is 11.8 Å². The van der Waals surface area contributed by atoms with Gasteiger partial charge in [-0.3, -0.25) is 4.90 Å². The van der Waals surface area contributed by atoms with E-state index >= 15 is 0 Å². The first-order valence-corrected chi connectivity index (χ1v) is 10.6. The Labute approximate surface area is 192 Å². The first-order chi connectivity index (χ1) is 15.3. The molecular weight excluding hydrogens is 472 g/mol. The van der Waals surface area contributed by atoms with Crippen LogP contribution in [-0.2, 0) is 23.7 Å². The number of carbonyl (C=O) groups excluding carboxylic acids is 1. The molecule has 180 valence electrons. The van der Waals surface area contributed by atoms with Crippen molar-refractivity contribution in [1.82, 2.24) is 4.90 Å². The Balaban J connectivity index is 1.96. The number of hydrogen-bond acceptors (Lipinski definition) is 3. The van der Waals surface area contributed by atoms with Gasteiger partial charge in [0.25, 0.3) is 0 Å². The van der Waals surface area contributed by atoms with Crippen LogP contribution in [-0.4, -0.2) is 17.4 Å². The predicted molar refractivity (Wildman–Crippen MR) is 108 cm³/mol. The zero-order valence-electron chi connectivity index (χ0n) is 17.5. The molecule has 3 rings (SSSR count). The lowest BCUT2D eigenvalue weighted by molar-refractivity contribution is -0.313. The smallest absolute Gasteiger partial charge is 0.416 e. The maximum absolute atomic E-state index is 13.5. The summed E-state index contributed by atoms with van der Waals surface area (Å²) < 4.78 is 79.5. The number of piperidine rings is 1. The summed E-state index contributed by atoms with van der Waals surface area (Å²) in [4.78, 5) is 13.1. The summed E-state index contributed by atoms with van der Waals surface area (Å²) in [5.74, 6) is -2.38. The first kappa shape index (κ1) is 25.4. The third kappa shape index (κ3) is 6.00. The molecule has 1 saturated heterocycles. The topological polar surface area (TPSA) is 43.4 Å². The van der Waals surface area contributed by atoms with Gasteiger partial charge in [-0.1, -0.05) is 30.7 Å². The number of rotatable bonds is 5. The number of carboxylic acids is 1. The van der Waals surface area contributed by atoms with Gasteiger partial charge >= 0.3 is 12.4 Å². The highest BCUT2D eigenvalue weighted by molar-refractivity contribution is 6.30. The number of likely N-dealkylation sites (tertiary alicyclic amines) is 1. The van der Waals surface area contributed by atoms with Gasteiger partial charge in [0.15, 0.2) is 0 Å². The van der Waals surface area contributed by atoms with E-state index in [9.17, 15) is 36.2 Å². The van der Waals surface area contributed by atoms with Crippen LogP contribution in [0.5, 0.6) is 0 Å². The van der Waals surface area contributed by atoms with Crippen molar-refractivity contribution in [1.29, 1.82) is 0 Å². The summed E-state index contributed by atoms with van der Waals surface area (Å²) >= 11 is 5.93. The van der Waals surface area contributed by atoms with Crippen LogP contribution in [0.25, 0.3) is 0 Å². The summed E-state index contributed by atoms with van der Waals surface area (Å²) in [7, 11) is 0. The van der Waals surface area contributed by atoms with Gasteiger partial charge in [0, 0.05) is 23.6 Å². The van der Waals surface area contributed by atoms with Crippen LogP contribution >= 0.6 is 11.6 Å². The van der Waals surface area contributed by atoms with E-state index in [0.717, 1.165) is 24.3 Å². The number of hydrogen-bond donors (Lipinski definition) is 0. The largest absolute Gasteiger partial charge is 0.550 e.